The monoisotopic (exact) mass is 360 g/mol. The lowest BCUT2D eigenvalue weighted by atomic mass is 9.79. The van der Waals surface area contributed by atoms with E-state index >= 15 is 0 Å². The molecule has 1 atom stereocenters. The number of carbonyl (C=O) groups is 2. The quantitative estimate of drug-likeness (QED) is 0.842. The minimum Gasteiger partial charge on any atom is -0.497 e. The number of benzene rings is 1. The van der Waals surface area contributed by atoms with Crippen molar-refractivity contribution in [3.8, 4) is 5.75 Å². The number of ether oxygens (including phenoxy) is 1. The molecule has 142 valence electrons. The van der Waals surface area contributed by atoms with Crippen LogP contribution in [0.25, 0.3) is 0 Å². The average molecular weight is 360 g/mol. The number of piperidine rings is 1. The molecule has 0 aromatic heterocycles. The molecule has 6 nitrogen and oxygen atoms in total. The van der Waals surface area contributed by atoms with Gasteiger partial charge in [-0.05, 0) is 56.4 Å². The van der Waals surface area contributed by atoms with Crippen molar-refractivity contribution in [2.45, 2.75) is 62.9 Å². The van der Waals surface area contributed by atoms with Crippen molar-refractivity contribution in [3.05, 3.63) is 24.3 Å². The Morgan fingerprint density at radius 2 is 1.81 bits per heavy atom. The highest BCUT2D eigenvalue weighted by atomic mass is 16.5. The Balaban J connectivity index is 1.85. The molecule has 1 aliphatic carbocycles. The van der Waals surface area contributed by atoms with E-state index in [-0.39, 0.29) is 5.91 Å². The van der Waals surface area contributed by atoms with E-state index < -0.39 is 17.6 Å². The van der Waals surface area contributed by atoms with Crippen molar-refractivity contribution in [2.24, 2.45) is 0 Å². The zero-order valence-corrected chi connectivity index (χ0v) is 15.4. The Hall–Kier alpha value is -2.24. The van der Waals surface area contributed by atoms with Crippen LogP contribution in [0.2, 0.25) is 0 Å². The summed E-state index contributed by atoms with van der Waals surface area (Å²) < 4.78 is 5.20. The van der Waals surface area contributed by atoms with Gasteiger partial charge in [0, 0.05) is 12.2 Å². The molecule has 2 N–H and O–H groups in total. The molecule has 1 aliphatic heterocycles. The first-order chi connectivity index (χ1) is 12.6. The number of carboxylic acid groups (broad SMARTS) is 1. The van der Waals surface area contributed by atoms with Crippen molar-refractivity contribution in [1.29, 1.82) is 0 Å². The standard InChI is InChI=1S/C20H28N2O4/c1-26-16-10-8-15(9-11-16)21-20(12-4-2-5-13-20)19(25)22-14-6-3-7-17(22)18(23)24/h8-11,17,21H,2-7,12-14H2,1H3,(H,23,24). The molecule has 1 saturated carbocycles. The van der Waals surface area contributed by atoms with Crippen LogP contribution in [-0.2, 0) is 9.59 Å². The molecule has 1 amide bonds. The third-order valence-corrected chi connectivity index (χ3v) is 5.64. The summed E-state index contributed by atoms with van der Waals surface area (Å²) >= 11 is 0. The van der Waals surface area contributed by atoms with Gasteiger partial charge in [-0.25, -0.2) is 4.79 Å². The molecule has 1 heterocycles. The molecule has 1 aromatic rings. The number of nitrogens with zero attached hydrogens (tertiary/aromatic N) is 1. The number of likely N-dealkylation sites (tertiary alicyclic amines) is 1. The number of nitrogens with one attached hydrogen (secondary N) is 1. The van der Waals surface area contributed by atoms with Crippen LogP contribution < -0.4 is 10.1 Å². The molecule has 0 spiro atoms. The molecule has 6 heteroatoms. The predicted molar refractivity (Wildman–Crippen MR) is 99.4 cm³/mol. The second-order valence-electron chi connectivity index (χ2n) is 7.34. The van der Waals surface area contributed by atoms with Gasteiger partial charge >= 0.3 is 5.97 Å². The van der Waals surface area contributed by atoms with Gasteiger partial charge in [0.25, 0.3) is 0 Å². The van der Waals surface area contributed by atoms with Crippen LogP contribution in [0.1, 0.15) is 51.4 Å². The Morgan fingerprint density at radius 3 is 2.42 bits per heavy atom. The van der Waals surface area contributed by atoms with Gasteiger partial charge in [-0.2, -0.15) is 0 Å². The highest BCUT2D eigenvalue weighted by Gasteiger charge is 2.45. The third kappa shape index (κ3) is 3.79. The summed E-state index contributed by atoms with van der Waals surface area (Å²) in [5.41, 5.74) is 0.155. The van der Waals surface area contributed by atoms with E-state index in [4.69, 9.17) is 4.74 Å². The van der Waals surface area contributed by atoms with Crippen LogP contribution in [0.5, 0.6) is 5.75 Å². The molecule has 2 fully saturated rings. The van der Waals surface area contributed by atoms with Crippen molar-refractivity contribution in [1.82, 2.24) is 4.90 Å². The molecule has 0 radical (unpaired) electrons. The van der Waals surface area contributed by atoms with Crippen molar-refractivity contribution < 1.29 is 19.4 Å². The van der Waals surface area contributed by atoms with E-state index in [1.165, 1.54) is 0 Å². The summed E-state index contributed by atoms with van der Waals surface area (Å²) in [5.74, 6) is -0.185. The lowest BCUT2D eigenvalue weighted by Crippen LogP contribution is -2.60. The predicted octanol–water partition coefficient (Wildman–Crippen LogP) is 3.28. The Bertz CT molecular complexity index is 638. The lowest BCUT2D eigenvalue weighted by Gasteiger charge is -2.44. The first kappa shape index (κ1) is 18.5. The number of carboxylic acids is 1. The third-order valence-electron chi connectivity index (χ3n) is 5.64. The summed E-state index contributed by atoms with van der Waals surface area (Å²) in [4.78, 5) is 26.8. The summed E-state index contributed by atoms with van der Waals surface area (Å²) in [7, 11) is 1.62. The number of amides is 1. The maximum absolute atomic E-state index is 13.5. The zero-order valence-electron chi connectivity index (χ0n) is 15.4. The molecule has 1 saturated heterocycles. The molecule has 3 rings (SSSR count). The number of methoxy groups -OCH3 is 1. The number of hydrogen-bond donors (Lipinski definition) is 2. The Morgan fingerprint density at radius 1 is 1.12 bits per heavy atom. The van der Waals surface area contributed by atoms with Crippen molar-refractivity contribution >= 4 is 17.6 Å². The number of rotatable bonds is 5. The van der Waals surface area contributed by atoms with Crippen LogP contribution in [0.4, 0.5) is 5.69 Å². The van der Waals surface area contributed by atoms with Crippen LogP contribution in [-0.4, -0.2) is 47.1 Å². The zero-order chi connectivity index (χ0) is 18.6. The van der Waals surface area contributed by atoms with Crippen LogP contribution in [0.3, 0.4) is 0 Å². The van der Waals surface area contributed by atoms with Gasteiger partial charge in [0.05, 0.1) is 7.11 Å². The van der Waals surface area contributed by atoms with Crippen LogP contribution in [0, 0.1) is 0 Å². The molecule has 26 heavy (non-hydrogen) atoms. The molecular weight excluding hydrogens is 332 g/mol. The van der Waals surface area contributed by atoms with E-state index in [1.807, 2.05) is 24.3 Å². The first-order valence-electron chi connectivity index (χ1n) is 9.52. The molecule has 0 bridgehead atoms. The maximum atomic E-state index is 13.5. The summed E-state index contributed by atoms with van der Waals surface area (Å²) in [6.45, 7) is 0.530. The van der Waals surface area contributed by atoms with Crippen LogP contribution in [0.15, 0.2) is 24.3 Å². The maximum Gasteiger partial charge on any atom is 0.326 e. The molecule has 2 aliphatic rings. The summed E-state index contributed by atoms with van der Waals surface area (Å²) in [5, 5.41) is 13.0. The van der Waals surface area contributed by atoms with Gasteiger partial charge in [0.1, 0.15) is 17.3 Å². The number of anilines is 1. The smallest absolute Gasteiger partial charge is 0.326 e. The van der Waals surface area contributed by atoms with Gasteiger partial charge in [-0.3, -0.25) is 4.79 Å². The number of hydrogen-bond acceptors (Lipinski definition) is 4. The highest BCUT2D eigenvalue weighted by Crippen LogP contribution is 2.35. The highest BCUT2D eigenvalue weighted by molar-refractivity contribution is 5.93. The van der Waals surface area contributed by atoms with Crippen LogP contribution >= 0.6 is 0 Å². The topological polar surface area (TPSA) is 78.9 Å². The molecular formula is C20H28N2O4. The van der Waals surface area contributed by atoms with E-state index in [0.717, 1.165) is 56.4 Å². The van der Waals surface area contributed by atoms with E-state index in [9.17, 15) is 14.7 Å². The van der Waals surface area contributed by atoms with Gasteiger partial charge < -0.3 is 20.1 Å². The number of aliphatic carboxylic acids is 1. The summed E-state index contributed by atoms with van der Waals surface area (Å²) in [6, 6.07) is 6.85. The first-order valence-corrected chi connectivity index (χ1v) is 9.52. The normalized spacial score (nSPS) is 22.5. The van der Waals surface area contributed by atoms with Gasteiger partial charge in [0.2, 0.25) is 5.91 Å². The van der Waals surface area contributed by atoms with E-state index in [0.29, 0.717) is 13.0 Å². The van der Waals surface area contributed by atoms with Crippen molar-refractivity contribution in [3.63, 3.8) is 0 Å². The van der Waals surface area contributed by atoms with Gasteiger partial charge in [-0.1, -0.05) is 19.3 Å². The van der Waals surface area contributed by atoms with Gasteiger partial charge in [-0.15, -0.1) is 0 Å². The van der Waals surface area contributed by atoms with Gasteiger partial charge in [0.15, 0.2) is 0 Å². The minimum absolute atomic E-state index is 0.0554. The lowest BCUT2D eigenvalue weighted by molar-refractivity contribution is -0.154. The fourth-order valence-electron chi connectivity index (χ4n) is 4.20. The largest absolute Gasteiger partial charge is 0.497 e. The van der Waals surface area contributed by atoms with Crippen molar-refractivity contribution in [2.75, 3.05) is 19.0 Å². The van der Waals surface area contributed by atoms with E-state index in [2.05, 4.69) is 5.32 Å². The molecule has 1 aromatic carbocycles. The molecule has 1 unspecified atom stereocenters. The fourth-order valence-corrected chi connectivity index (χ4v) is 4.20. The van der Waals surface area contributed by atoms with E-state index in [1.54, 1.807) is 12.0 Å². The Labute approximate surface area is 154 Å². The SMILES string of the molecule is COc1ccc(NC2(C(=O)N3CCCCC3C(=O)O)CCCCC2)cc1. The minimum atomic E-state index is -0.895. The summed E-state index contributed by atoms with van der Waals surface area (Å²) in [6.07, 6.45) is 6.80. The second kappa shape index (κ2) is 7.98. The number of carbonyl (C=O) groups excluding carboxylic acids is 1. The average Bonchev–Trinajstić information content (AvgIpc) is 2.68. The second-order valence-corrected chi connectivity index (χ2v) is 7.34. The fraction of sp³-hybridized carbons (Fsp3) is 0.600. The Kier molecular flexibility index (Phi) is 5.69.